The van der Waals surface area contributed by atoms with Gasteiger partial charge in [0.25, 0.3) is 0 Å². The van der Waals surface area contributed by atoms with Gasteiger partial charge in [0.05, 0.1) is 0 Å². The number of amides is 1. The van der Waals surface area contributed by atoms with Crippen molar-refractivity contribution in [1.29, 1.82) is 0 Å². The molecular formula is C8H15NO3. The van der Waals surface area contributed by atoms with Gasteiger partial charge in [0.15, 0.2) is 6.29 Å². The Balaban J connectivity index is 2.64. The Bertz CT molecular complexity index is 183. The summed E-state index contributed by atoms with van der Waals surface area (Å²) in [5, 5.41) is 11.8. The van der Waals surface area contributed by atoms with Crippen LogP contribution in [-0.4, -0.2) is 30.5 Å². The van der Waals surface area contributed by atoms with Crippen LogP contribution in [-0.2, 0) is 9.53 Å². The van der Waals surface area contributed by atoms with Gasteiger partial charge in [-0.2, -0.15) is 0 Å². The molecule has 4 heteroatoms. The molecule has 0 spiro atoms. The summed E-state index contributed by atoms with van der Waals surface area (Å²) in [7, 11) is 1.56. The highest BCUT2D eigenvalue weighted by molar-refractivity contribution is 5.81. The highest BCUT2D eigenvalue weighted by Gasteiger charge is 2.41. The van der Waals surface area contributed by atoms with Crippen molar-refractivity contribution in [2.45, 2.75) is 26.2 Å². The van der Waals surface area contributed by atoms with Gasteiger partial charge in [-0.1, -0.05) is 13.8 Å². The summed E-state index contributed by atoms with van der Waals surface area (Å²) < 4.78 is 5.08. The van der Waals surface area contributed by atoms with Crippen LogP contribution in [0.4, 0.5) is 0 Å². The number of nitrogens with one attached hydrogen (secondary N) is 1. The molecule has 0 bridgehead atoms. The van der Waals surface area contributed by atoms with E-state index in [-0.39, 0.29) is 17.7 Å². The third kappa shape index (κ3) is 1.44. The summed E-state index contributed by atoms with van der Waals surface area (Å²) in [6.07, 6.45) is -1.30. The first kappa shape index (κ1) is 9.48. The molecule has 1 aliphatic heterocycles. The fraction of sp³-hybridized carbons (Fsp3) is 0.875. The maximum absolute atomic E-state index is 11.2. The number of aliphatic hydroxyl groups excluding tert-OH is 1. The lowest BCUT2D eigenvalue weighted by Crippen LogP contribution is -2.35. The van der Waals surface area contributed by atoms with Crippen LogP contribution in [0, 0.1) is 11.8 Å². The van der Waals surface area contributed by atoms with E-state index in [9.17, 15) is 9.90 Å². The minimum atomic E-state index is -0.803. The number of hydrogen-bond donors (Lipinski definition) is 2. The number of carbonyl (C=O) groups excluding carboxylic acids is 1. The van der Waals surface area contributed by atoms with E-state index in [4.69, 9.17) is 4.74 Å². The highest BCUT2D eigenvalue weighted by Crippen LogP contribution is 2.30. The van der Waals surface area contributed by atoms with Crippen molar-refractivity contribution in [3.8, 4) is 0 Å². The van der Waals surface area contributed by atoms with E-state index < -0.39 is 12.4 Å². The molecule has 4 nitrogen and oxygen atoms in total. The normalized spacial score (nSPS) is 41.3. The smallest absolute Gasteiger partial charge is 0.249 e. The predicted octanol–water partition coefficient (Wildman–Crippen LogP) is -0.278. The Hall–Kier alpha value is -0.610. The predicted molar refractivity (Wildman–Crippen MR) is 43.3 cm³/mol. The van der Waals surface area contributed by atoms with Gasteiger partial charge in [-0.15, -0.1) is 0 Å². The molecule has 1 fully saturated rings. The van der Waals surface area contributed by atoms with Crippen molar-refractivity contribution >= 4 is 5.91 Å². The van der Waals surface area contributed by atoms with Crippen LogP contribution in [0.2, 0.25) is 0 Å². The molecule has 0 aromatic carbocycles. The minimum Gasteiger partial charge on any atom is -0.368 e. The van der Waals surface area contributed by atoms with Gasteiger partial charge in [-0.05, 0) is 5.92 Å². The molecule has 12 heavy (non-hydrogen) atoms. The Morgan fingerprint density at radius 2 is 2.00 bits per heavy atom. The zero-order chi connectivity index (χ0) is 9.30. The summed E-state index contributed by atoms with van der Waals surface area (Å²) in [6.45, 7) is 3.78. The quantitative estimate of drug-likeness (QED) is 0.573. The fourth-order valence-corrected chi connectivity index (χ4v) is 1.38. The lowest BCUT2D eigenvalue weighted by Gasteiger charge is -2.13. The lowest BCUT2D eigenvalue weighted by atomic mass is 9.93. The Kier molecular flexibility index (Phi) is 2.69. The molecule has 1 saturated heterocycles. The van der Waals surface area contributed by atoms with Crippen molar-refractivity contribution in [2.75, 3.05) is 7.05 Å². The first-order valence-electron chi connectivity index (χ1n) is 4.13. The fourth-order valence-electron chi connectivity index (χ4n) is 1.38. The van der Waals surface area contributed by atoms with Crippen LogP contribution >= 0.6 is 0 Å². The summed E-state index contributed by atoms with van der Waals surface area (Å²) in [6, 6.07) is 0. The molecular weight excluding hydrogens is 158 g/mol. The zero-order valence-electron chi connectivity index (χ0n) is 7.57. The van der Waals surface area contributed by atoms with Crippen LogP contribution < -0.4 is 5.32 Å². The van der Waals surface area contributed by atoms with Crippen molar-refractivity contribution < 1.29 is 14.6 Å². The third-order valence-corrected chi connectivity index (χ3v) is 2.55. The first-order chi connectivity index (χ1) is 5.57. The second kappa shape index (κ2) is 3.41. The summed E-state index contributed by atoms with van der Waals surface area (Å²) in [5.41, 5.74) is 0. The van der Waals surface area contributed by atoms with E-state index >= 15 is 0 Å². The van der Waals surface area contributed by atoms with Gasteiger partial charge in [0, 0.05) is 13.0 Å². The van der Waals surface area contributed by atoms with Gasteiger partial charge in [-0.25, -0.2) is 0 Å². The van der Waals surface area contributed by atoms with Crippen molar-refractivity contribution in [3.05, 3.63) is 0 Å². The molecule has 1 heterocycles. The van der Waals surface area contributed by atoms with Gasteiger partial charge >= 0.3 is 0 Å². The molecule has 0 saturated carbocycles. The van der Waals surface area contributed by atoms with Gasteiger partial charge in [0.2, 0.25) is 5.91 Å². The minimum absolute atomic E-state index is 0.0206. The molecule has 0 aliphatic carbocycles. The maximum Gasteiger partial charge on any atom is 0.249 e. The van der Waals surface area contributed by atoms with E-state index in [0.29, 0.717) is 0 Å². The molecule has 1 aliphatic rings. The van der Waals surface area contributed by atoms with E-state index in [1.54, 1.807) is 7.05 Å². The summed E-state index contributed by atoms with van der Waals surface area (Å²) in [4.78, 5) is 11.2. The Morgan fingerprint density at radius 1 is 1.42 bits per heavy atom. The average Bonchev–Trinajstić information content (AvgIpc) is 2.32. The first-order valence-corrected chi connectivity index (χ1v) is 4.13. The van der Waals surface area contributed by atoms with E-state index in [0.717, 1.165) is 0 Å². The number of hydrogen-bond acceptors (Lipinski definition) is 3. The Labute approximate surface area is 71.9 Å². The van der Waals surface area contributed by atoms with E-state index in [2.05, 4.69) is 5.32 Å². The summed E-state index contributed by atoms with van der Waals surface area (Å²) in [5.74, 6) is -0.0712. The van der Waals surface area contributed by atoms with E-state index in [1.165, 1.54) is 0 Å². The van der Waals surface area contributed by atoms with Crippen LogP contribution in [0.25, 0.3) is 0 Å². The van der Waals surface area contributed by atoms with Gasteiger partial charge < -0.3 is 15.2 Å². The standard InChI is InChI=1S/C8H15NO3/c1-4-5(2)8(11)12-6(4)7(10)9-3/h4-6,8,11H,1-3H3,(H,9,10). The molecule has 1 amide bonds. The SMILES string of the molecule is CNC(=O)C1OC(O)C(C)C1C. The van der Waals surface area contributed by atoms with Crippen molar-refractivity contribution in [1.82, 2.24) is 5.32 Å². The number of aliphatic hydroxyl groups is 1. The van der Waals surface area contributed by atoms with E-state index in [1.807, 2.05) is 13.8 Å². The number of carbonyl (C=O) groups is 1. The van der Waals surface area contributed by atoms with Crippen LogP contribution in [0.5, 0.6) is 0 Å². The molecule has 2 N–H and O–H groups in total. The Morgan fingerprint density at radius 3 is 2.33 bits per heavy atom. The highest BCUT2D eigenvalue weighted by atomic mass is 16.6. The molecule has 4 atom stereocenters. The molecule has 0 radical (unpaired) electrons. The number of ether oxygens (including phenoxy) is 1. The maximum atomic E-state index is 11.2. The molecule has 1 rings (SSSR count). The number of likely N-dealkylation sites (N-methyl/N-ethyl adjacent to an activating group) is 1. The second-order valence-electron chi connectivity index (χ2n) is 3.28. The zero-order valence-corrected chi connectivity index (χ0v) is 7.57. The lowest BCUT2D eigenvalue weighted by molar-refractivity contribution is -0.145. The van der Waals surface area contributed by atoms with Crippen LogP contribution in [0.15, 0.2) is 0 Å². The van der Waals surface area contributed by atoms with Gasteiger partial charge in [0.1, 0.15) is 6.10 Å². The number of rotatable bonds is 1. The van der Waals surface area contributed by atoms with Gasteiger partial charge in [-0.3, -0.25) is 4.79 Å². The monoisotopic (exact) mass is 173 g/mol. The molecule has 4 unspecified atom stereocenters. The van der Waals surface area contributed by atoms with Crippen molar-refractivity contribution in [3.63, 3.8) is 0 Å². The van der Waals surface area contributed by atoms with Crippen LogP contribution in [0.1, 0.15) is 13.8 Å². The largest absolute Gasteiger partial charge is 0.368 e. The average molecular weight is 173 g/mol. The molecule has 0 aromatic rings. The van der Waals surface area contributed by atoms with Crippen LogP contribution in [0.3, 0.4) is 0 Å². The molecule has 70 valence electrons. The third-order valence-electron chi connectivity index (χ3n) is 2.55. The topological polar surface area (TPSA) is 58.6 Å². The second-order valence-corrected chi connectivity index (χ2v) is 3.28. The van der Waals surface area contributed by atoms with Crippen molar-refractivity contribution in [2.24, 2.45) is 11.8 Å². The molecule has 0 aromatic heterocycles. The summed E-state index contributed by atoms with van der Waals surface area (Å²) >= 11 is 0.